The van der Waals surface area contributed by atoms with E-state index in [9.17, 15) is 15.0 Å². The highest BCUT2D eigenvalue weighted by Crippen LogP contribution is 2.62. The first-order valence-corrected chi connectivity index (χ1v) is 21.2. The average molecular weight is 803 g/mol. The van der Waals surface area contributed by atoms with E-state index in [1.165, 1.54) is 0 Å². The van der Waals surface area contributed by atoms with Gasteiger partial charge in [-0.15, -0.1) is 6.58 Å². The number of carbonyl (C=O) groups excluding carboxylic acids is 1. The molecule has 0 spiro atoms. The predicted molar refractivity (Wildman–Crippen MR) is 226 cm³/mol. The van der Waals surface area contributed by atoms with E-state index in [4.69, 9.17) is 33.7 Å². The summed E-state index contributed by atoms with van der Waals surface area (Å²) in [6.45, 7) is 17.7. The Hall–Kier alpha value is -4.16. The number of fused-ring (bicyclic) bond motifs is 2. The minimum absolute atomic E-state index is 0.0734. The molecule has 2 aliphatic carbocycles. The Labute approximate surface area is 345 Å². The summed E-state index contributed by atoms with van der Waals surface area (Å²) < 4.78 is 32.3. The van der Waals surface area contributed by atoms with Crippen molar-refractivity contribution in [1.82, 2.24) is 4.90 Å². The van der Waals surface area contributed by atoms with Gasteiger partial charge in [0.1, 0.15) is 36.4 Å². The molecule has 2 aromatic rings. The molecule has 5 rings (SSSR count). The number of ether oxygens (including phenoxy) is 5. The fraction of sp³-hybridized carbons (Fsp3) is 0.574. The van der Waals surface area contributed by atoms with E-state index in [1.54, 1.807) is 17.1 Å². The molecule has 318 valence electrons. The van der Waals surface area contributed by atoms with Gasteiger partial charge in [0.15, 0.2) is 0 Å². The number of rotatable bonds is 23. The van der Waals surface area contributed by atoms with Crippen molar-refractivity contribution >= 4 is 11.8 Å². The molecular formula is C47H66N2O9. The van der Waals surface area contributed by atoms with Crippen molar-refractivity contribution in [2.24, 2.45) is 22.9 Å². The zero-order valence-corrected chi connectivity index (χ0v) is 35.1. The van der Waals surface area contributed by atoms with Crippen molar-refractivity contribution < 1.29 is 43.5 Å². The minimum Gasteiger partial charge on any atom is -0.490 e. The van der Waals surface area contributed by atoms with E-state index in [0.29, 0.717) is 50.5 Å². The van der Waals surface area contributed by atoms with Crippen LogP contribution < -0.4 is 9.47 Å². The first-order valence-electron chi connectivity index (χ1n) is 21.2. The van der Waals surface area contributed by atoms with Crippen LogP contribution in [0.15, 0.2) is 90.6 Å². The molecule has 6 atom stereocenters. The molecule has 58 heavy (non-hydrogen) atoms. The summed E-state index contributed by atoms with van der Waals surface area (Å²) in [5.74, 6) is -0.379. The number of hydrogen-bond donors (Lipinski definition) is 2. The molecule has 0 aromatic heterocycles. The van der Waals surface area contributed by atoms with Crippen molar-refractivity contribution in [3.63, 3.8) is 0 Å². The molecule has 2 N–H and O–H groups in total. The number of aliphatic hydroxyl groups is 2. The van der Waals surface area contributed by atoms with Crippen molar-refractivity contribution in [2.45, 2.75) is 109 Å². The third kappa shape index (κ3) is 11.1. The summed E-state index contributed by atoms with van der Waals surface area (Å²) in [6, 6.07) is 15.1. The van der Waals surface area contributed by atoms with Crippen LogP contribution in [0.3, 0.4) is 0 Å². The number of unbranched alkanes of at least 4 members (excludes halogenated alkanes) is 2. The van der Waals surface area contributed by atoms with Gasteiger partial charge in [0.2, 0.25) is 5.79 Å². The topological polar surface area (TPSA) is 129 Å². The molecule has 11 heteroatoms. The van der Waals surface area contributed by atoms with Gasteiger partial charge in [0.25, 0.3) is 0 Å². The lowest BCUT2D eigenvalue weighted by molar-refractivity contribution is -0.255. The summed E-state index contributed by atoms with van der Waals surface area (Å²) in [7, 11) is 0. The van der Waals surface area contributed by atoms with Gasteiger partial charge in [-0.1, -0.05) is 80.1 Å². The van der Waals surface area contributed by atoms with Crippen molar-refractivity contribution in [3.05, 3.63) is 96.6 Å². The SMILES string of the molecule is C=CCOc1ccc2c(c1)C1C(CCCCO)C(CCCCO)C=C3C(=NOC(C)(C)C)CC(N(CCC)C(=O)OCCOCc4ccccc4)C(OCC=C)(O2)C31. The van der Waals surface area contributed by atoms with Crippen LogP contribution in [0, 0.1) is 17.8 Å². The van der Waals surface area contributed by atoms with Gasteiger partial charge in [-0.05, 0) is 94.0 Å². The zero-order chi connectivity index (χ0) is 41.5. The maximum absolute atomic E-state index is 14.4. The largest absolute Gasteiger partial charge is 0.490 e. The Morgan fingerprint density at radius 2 is 1.74 bits per heavy atom. The number of allylic oxidation sites excluding steroid dienone is 1. The van der Waals surface area contributed by atoms with Crippen LogP contribution in [0.1, 0.15) is 96.1 Å². The predicted octanol–water partition coefficient (Wildman–Crippen LogP) is 8.75. The second kappa shape index (κ2) is 21.7. The summed E-state index contributed by atoms with van der Waals surface area (Å²) in [4.78, 5) is 22.4. The van der Waals surface area contributed by atoms with Gasteiger partial charge in [0, 0.05) is 37.7 Å². The Morgan fingerprint density at radius 1 is 1.00 bits per heavy atom. The van der Waals surface area contributed by atoms with E-state index in [1.807, 2.05) is 70.2 Å². The number of oxime groups is 1. The molecule has 1 aliphatic heterocycles. The fourth-order valence-corrected chi connectivity index (χ4v) is 8.74. The molecule has 1 heterocycles. The number of aliphatic hydroxyl groups excluding tert-OH is 2. The van der Waals surface area contributed by atoms with Crippen LogP contribution in [-0.4, -0.2) is 90.5 Å². The maximum Gasteiger partial charge on any atom is 0.410 e. The van der Waals surface area contributed by atoms with E-state index < -0.39 is 29.4 Å². The normalized spacial score (nSPS) is 24.1. The highest BCUT2D eigenvalue weighted by atomic mass is 16.7. The van der Waals surface area contributed by atoms with Crippen LogP contribution in [0.2, 0.25) is 0 Å². The molecule has 1 saturated carbocycles. The van der Waals surface area contributed by atoms with Gasteiger partial charge in [-0.2, -0.15) is 0 Å². The summed E-state index contributed by atoms with van der Waals surface area (Å²) in [5.41, 5.74) is 3.17. The highest BCUT2D eigenvalue weighted by molar-refractivity contribution is 6.03. The van der Waals surface area contributed by atoms with Gasteiger partial charge in [-0.3, -0.25) is 4.90 Å². The molecule has 11 nitrogen and oxygen atoms in total. The van der Waals surface area contributed by atoms with Crippen LogP contribution >= 0.6 is 0 Å². The third-order valence-electron chi connectivity index (χ3n) is 11.1. The lowest BCUT2D eigenvalue weighted by atomic mass is 9.55. The molecule has 1 fully saturated rings. The van der Waals surface area contributed by atoms with Crippen LogP contribution in [0.4, 0.5) is 4.79 Å². The van der Waals surface area contributed by atoms with Crippen LogP contribution in [0.5, 0.6) is 11.5 Å². The summed E-state index contributed by atoms with van der Waals surface area (Å²) in [6.07, 6.45) is 11.0. The van der Waals surface area contributed by atoms with Crippen LogP contribution in [-0.2, 0) is 25.7 Å². The lowest BCUT2D eigenvalue weighted by Crippen LogP contribution is -2.70. The quantitative estimate of drug-likeness (QED) is 0.0644. The van der Waals surface area contributed by atoms with Gasteiger partial charge in [0.05, 0.1) is 31.5 Å². The Bertz CT molecular complexity index is 1690. The molecule has 0 radical (unpaired) electrons. The number of carbonyl (C=O) groups is 1. The molecule has 3 aliphatic rings. The number of hydrogen-bond acceptors (Lipinski definition) is 10. The second-order valence-electron chi connectivity index (χ2n) is 16.4. The van der Waals surface area contributed by atoms with Gasteiger partial charge < -0.3 is 38.7 Å². The number of amides is 1. The minimum atomic E-state index is -1.37. The van der Waals surface area contributed by atoms with Gasteiger partial charge in [-0.25, -0.2) is 4.79 Å². The van der Waals surface area contributed by atoms with Crippen LogP contribution in [0.25, 0.3) is 0 Å². The molecule has 1 amide bonds. The molecule has 0 bridgehead atoms. The van der Waals surface area contributed by atoms with Gasteiger partial charge >= 0.3 is 6.09 Å². The standard InChI is InChI=1S/C47H66N2O9/c1-7-23-49(45(52)55-29-28-53-33-34-17-11-10-12-18-34)42-32-40(48-58-46(4,5)6)38-30-35(19-13-15-24-50)37(20-14-16-25-51)43-39-31-36(54-26-8-2)21-22-41(39)57-47(42,44(38)43)56-27-9-3/h8-12,17-18,21-22,30-31,35,37,42-44,50-51H,2-3,7,13-16,19-20,23-29,32-33H2,1,4-6H3. The Morgan fingerprint density at radius 3 is 2.43 bits per heavy atom. The number of nitrogens with zero attached hydrogens (tertiary/aromatic N) is 2. The smallest absolute Gasteiger partial charge is 0.410 e. The number of benzene rings is 2. The maximum atomic E-state index is 14.4. The third-order valence-corrected chi connectivity index (χ3v) is 11.1. The van der Waals surface area contributed by atoms with E-state index in [2.05, 4.69) is 25.3 Å². The van der Waals surface area contributed by atoms with E-state index >= 15 is 0 Å². The monoisotopic (exact) mass is 802 g/mol. The van der Waals surface area contributed by atoms with Crippen molar-refractivity contribution in [2.75, 3.05) is 46.2 Å². The first-order chi connectivity index (χ1) is 28.1. The van der Waals surface area contributed by atoms with E-state index in [0.717, 1.165) is 48.1 Å². The second-order valence-corrected chi connectivity index (χ2v) is 16.4. The summed E-state index contributed by atoms with van der Waals surface area (Å²) >= 11 is 0. The fourth-order valence-electron chi connectivity index (χ4n) is 8.74. The zero-order valence-electron chi connectivity index (χ0n) is 35.1. The molecule has 6 unspecified atom stereocenters. The molecular weight excluding hydrogens is 737 g/mol. The Balaban J connectivity index is 1.65. The van der Waals surface area contributed by atoms with E-state index in [-0.39, 0.29) is 57.2 Å². The lowest BCUT2D eigenvalue weighted by Gasteiger charge is -2.60. The Kier molecular flexibility index (Phi) is 16.8. The van der Waals surface area contributed by atoms with Crippen molar-refractivity contribution in [3.8, 4) is 11.5 Å². The molecule has 0 saturated heterocycles. The van der Waals surface area contributed by atoms with Crippen molar-refractivity contribution in [1.29, 1.82) is 0 Å². The molecule has 2 aromatic carbocycles. The summed E-state index contributed by atoms with van der Waals surface area (Å²) in [5, 5.41) is 24.6. The first kappa shape index (κ1) is 44.9. The average Bonchev–Trinajstić information content (AvgIpc) is 3.21. The highest BCUT2D eigenvalue weighted by Gasteiger charge is 2.65.